The van der Waals surface area contributed by atoms with Gasteiger partial charge in [0, 0.05) is 66.5 Å². The van der Waals surface area contributed by atoms with Crippen molar-refractivity contribution < 1.29 is 13.6 Å². The van der Waals surface area contributed by atoms with E-state index < -0.39 is 23.0 Å². The van der Waals surface area contributed by atoms with Crippen LogP contribution in [-0.4, -0.2) is 64.3 Å². The Morgan fingerprint density at radius 1 is 1.05 bits per heavy atom. The number of fused-ring (bicyclic) bond motifs is 1. The van der Waals surface area contributed by atoms with E-state index in [0.29, 0.717) is 41.2 Å². The summed E-state index contributed by atoms with van der Waals surface area (Å²) in [6, 6.07) is 4.06. The Morgan fingerprint density at radius 3 is 2.54 bits per heavy atom. The SMILES string of the molecule is CCCCNNc1ccc(F)c(C(=O)c2c[nH]c3ncc(-c4cnc(NCCN(C)C)nc4)cc23)c1F. The molecule has 0 radical (unpaired) electrons. The Morgan fingerprint density at radius 2 is 1.81 bits per heavy atom. The van der Waals surface area contributed by atoms with Gasteiger partial charge < -0.3 is 20.6 Å². The smallest absolute Gasteiger partial charge is 0.222 e. The van der Waals surface area contributed by atoms with Gasteiger partial charge in [-0.15, -0.1) is 0 Å². The highest BCUT2D eigenvalue weighted by Gasteiger charge is 2.24. The molecule has 37 heavy (non-hydrogen) atoms. The first-order valence-electron chi connectivity index (χ1n) is 12.1. The average Bonchev–Trinajstić information content (AvgIpc) is 3.31. The summed E-state index contributed by atoms with van der Waals surface area (Å²) in [5.74, 6) is -2.18. The fourth-order valence-corrected chi connectivity index (χ4v) is 3.72. The second-order valence-electron chi connectivity index (χ2n) is 8.87. The number of benzene rings is 1. The summed E-state index contributed by atoms with van der Waals surface area (Å²) < 4.78 is 29.9. The number of hydrogen-bond acceptors (Lipinski definition) is 8. The molecular formula is C26H30F2N8O. The van der Waals surface area contributed by atoms with Gasteiger partial charge >= 0.3 is 0 Å². The summed E-state index contributed by atoms with van der Waals surface area (Å²) in [5, 5.41) is 3.59. The second-order valence-corrected chi connectivity index (χ2v) is 8.87. The quantitative estimate of drug-likeness (QED) is 0.128. The maximum Gasteiger partial charge on any atom is 0.222 e. The molecule has 0 saturated heterocycles. The molecule has 0 saturated carbocycles. The van der Waals surface area contributed by atoms with E-state index in [1.807, 2.05) is 25.9 Å². The van der Waals surface area contributed by atoms with E-state index in [4.69, 9.17) is 0 Å². The standard InChI is InChI=1S/C26H30F2N8O/c1-4-5-8-34-35-21-7-6-20(27)22(23(21)28)24(37)19-15-31-25-18(19)11-16(12-30-25)17-13-32-26(33-14-17)29-9-10-36(2)3/h6-7,11-15,34-35H,4-5,8-10H2,1-3H3,(H,30,31)(H,29,32,33). The molecule has 0 bridgehead atoms. The lowest BCUT2D eigenvalue weighted by molar-refractivity contribution is 0.103. The van der Waals surface area contributed by atoms with Crippen LogP contribution in [0.2, 0.25) is 0 Å². The first-order valence-corrected chi connectivity index (χ1v) is 12.1. The zero-order valence-electron chi connectivity index (χ0n) is 21.0. The number of nitrogens with one attached hydrogen (secondary N) is 4. The minimum Gasteiger partial charge on any atom is -0.353 e. The summed E-state index contributed by atoms with van der Waals surface area (Å²) in [7, 11) is 3.97. The molecule has 0 aliphatic carbocycles. The molecule has 0 fully saturated rings. The van der Waals surface area contributed by atoms with Crippen molar-refractivity contribution >= 4 is 28.5 Å². The summed E-state index contributed by atoms with van der Waals surface area (Å²) in [5.41, 5.74) is 6.85. The molecule has 1 aromatic carbocycles. The van der Waals surface area contributed by atoms with Gasteiger partial charge in [0.1, 0.15) is 11.5 Å². The molecule has 3 aromatic heterocycles. The molecule has 0 spiro atoms. The lowest BCUT2D eigenvalue weighted by Gasteiger charge is -2.12. The number of rotatable bonds is 12. The van der Waals surface area contributed by atoms with Crippen LogP contribution in [0.25, 0.3) is 22.2 Å². The number of unbranched alkanes of at least 4 members (excludes halogenated alkanes) is 1. The van der Waals surface area contributed by atoms with E-state index in [0.717, 1.165) is 25.5 Å². The maximum atomic E-state index is 15.2. The van der Waals surface area contributed by atoms with Crippen LogP contribution in [0.15, 0.2) is 43.0 Å². The molecule has 9 nitrogen and oxygen atoms in total. The number of hydrazine groups is 1. The van der Waals surface area contributed by atoms with Crippen molar-refractivity contribution in [1.82, 2.24) is 30.3 Å². The van der Waals surface area contributed by atoms with Gasteiger partial charge in [-0.05, 0) is 38.7 Å². The van der Waals surface area contributed by atoms with E-state index in [1.165, 1.54) is 12.3 Å². The lowest BCUT2D eigenvalue weighted by atomic mass is 10.0. The van der Waals surface area contributed by atoms with Gasteiger partial charge in [0.25, 0.3) is 0 Å². The van der Waals surface area contributed by atoms with E-state index in [1.54, 1.807) is 24.7 Å². The summed E-state index contributed by atoms with van der Waals surface area (Å²) in [6.45, 7) is 4.18. The van der Waals surface area contributed by atoms with Crippen LogP contribution in [0.1, 0.15) is 35.7 Å². The zero-order chi connectivity index (χ0) is 26.4. The van der Waals surface area contributed by atoms with Crippen molar-refractivity contribution in [2.24, 2.45) is 0 Å². The summed E-state index contributed by atoms with van der Waals surface area (Å²) >= 11 is 0. The highest BCUT2D eigenvalue weighted by Crippen LogP contribution is 2.29. The number of anilines is 2. The lowest BCUT2D eigenvalue weighted by Crippen LogP contribution is -2.24. The van der Waals surface area contributed by atoms with Crippen molar-refractivity contribution in [1.29, 1.82) is 0 Å². The first-order chi connectivity index (χ1) is 17.9. The Bertz CT molecular complexity index is 1370. The molecule has 0 amide bonds. The van der Waals surface area contributed by atoms with Crippen LogP contribution in [0.5, 0.6) is 0 Å². The van der Waals surface area contributed by atoms with E-state index in [-0.39, 0.29) is 11.3 Å². The van der Waals surface area contributed by atoms with Crippen LogP contribution in [0.4, 0.5) is 20.4 Å². The van der Waals surface area contributed by atoms with Gasteiger partial charge in [0.15, 0.2) is 5.82 Å². The second kappa shape index (κ2) is 11.8. The average molecular weight is 509 g/mol. The monoisotopic (exact) mass is 508 g/mol. The van der Waals surface area contributed by atoms with Crippen molar-refractivity contribution in [2.75, 3.05) is 44.5 Å². The highest BCUT2D eigenvalue weighted by atomic mass is 19.1. The molecular weight excluding hydrogens is 478 g/mol. The van der Waals surface area contributed by atoms with Gasteiger partial charge in [0.05, 0.1) is 11.3 Å². The Labute approximate surface area is 213 Å². The molecule has 0 aliphatic heterocycles. The van der Waals surface area contributed by atoms with Crippen molar-refractivity contribution in [3.05, 3.63) is 65.7 Å². The Kier molecular flexibility index (Phi) is 8.36. The third kappa shape index (κ3) is 6.07. The van der Waals surface area contributed by atoms with Crippen LogP contribution in [0.3, 0.4) is 0 Å². The molecule has 4 rings (SSSR count). The normalized spacial score (nSPS) is 11.3. The number of pyridine rings is 1. The molecule has 0 unspecified atom stereocenters. The van der Waals surface area contributed by atoms with Gasteiger partial charge in [-0.3, -0.25) is 4.79 Å². The molecule has 11 heteroatoms. The fraction of sp³-hybridized carbons (Fsp3) is 0.308. The molecule has 3 heterocycles. The van der Waals surface area contributed by atoms with Gasteiger partial charge in [-0.2, -0.15) is 0 Å². The van der Waals surface area contributed by atoms with Crippen LogP contribution < -0.4 is 16.2 Å². The number of hydrogen-bond donors (Lipinski definition) is 4. The molecule has 0 atom stereocenters. The predicted molar refractivity (Wildman–Crippen MR) is 140 cm³/mol. The Hall–Kier alpha value is -3.96. The van der Waals surface area contributed by atoms with Crippen molar-refractivity contribution in [3.63, 3.8) is 0 Å². The predicted octanol–water partition coefficient (Wildman–Crippen LogP) is 4.22. The molecule has 4 aromatic rings. The number of carbonyl (C=O) groups is 1. The van der Waals surface area contributed by atoms with E-state index >= 15 is 4.39 Å². The minimum absolute atomic E-state index is 0.00376. The molecule has 194 valence electrons. The van der Waals surface area contributed by atoms with E-state index in [2.05, 4.69) is 36.1 Å². The molecule has 4 N–H and O–H groups in total. The number of nitrogens with zero attached hydrogens (tertiary/aromatic N) is 4. The third-order valence-electron chi connectivity index (χ3n) is 5.80. The van der Waals surface area contributed by atoms with Crippen LogP contribution >= 0.6 is 0 Å². The molecule has 0 aliphatic rings. The number of likely N-dealkylation sites (N-methyl/N-ethyl adjacent to an activating group) is 1. The largest absolute Gasteiger partial charge is 0.353 e. The first kappa shape index (κ1) is 26.1. The number of ketones is 1. The summed E-state index contributed by atoms with van der Waals surface area (Å²) in [6.07, 6.45) is 8.19. The number of aromatic nitrogens is 4. The van der Waals surface area contributed by atoms with Crippen molar-refractivity contribution in [3.8, 4) is 11.1 Å². The topological polar surface area (TPSA) is 111 Å². The Balaban J connectivity index is 1.59. The zero-order valence-corrected chi connectivity index (χ0v) is 21.0. The number of H-pyrrole nitrogens is 1. The highest BCUT2D eigenvalue weighted by molar-refractivity contribution is 6.16. The maximum absolute atomic E-state index is 15.2. The van der Waals surface area contributed by atoms with Crippen LogP contribution in [-0.2, 0) is 0 Å². The third-order valence-corrected chi connectivity index (χ3v) is 5.80. The van der Waals surface area contributed by atoms with Gasteiger partial charge in [-0.25, -0.2) is 29.2 Å². The summed E-state index contributed by atoms with van der Waals surface area (Å²) in [4.78, 5) is 31.3. The minimum atomic E-state index is -0.960. The van der Waals surface area contributed by atoms with Gasteiger partial charge in [0.2, 0.25) is 11.7 Å². The van der Waals surface area contributed by atoms with Gasteiger partial charge in [-0.1, -0.05) is 13.3 Å². The fourth-order valence-electron chi connectivity index (χ4n) is 3.72. The number of aromatic amines is 1. The van der Waals surface area contributed by atoms with Crippen LogP contribution in [0, 0.1) is 11.6 Å². The number of carbonyl (C=O) groups excluding carboxylic acids is 1. The number of halogens is 2. The van der Waals surface area contributed by atoms with Crippen molar-refractivity contribution in [2.45, 2.75) is 19.8 Å². The van der Waals surface area contributed by atoms with E-state index in [9.17, 15) is 9.18 Å².